The summed E-state index contributed by atoms with van der Waals surface area (Å²) in [5, 5.41) is -2.27. The molecule has 0 bridgehead atoms. The van der Waals surface area contributed by atoms with Gasteiger partial charge in [0.05, 0.1) is 0 Å². The Labute approximate surface area is 77.8 Å². The van der Waals surface area contributed by atoms with Crippen molar-refractivity contribution in [2.45, 2.75) is 11.4 Å². The smallest absolute Gasteiger partial charge is 1.00 e. The molecule has 0 aromatic heterocycles. The van der Waals surface area contributed by atoms with Crippen LogP contribution in [0.3, 0.4) is 0 Å². The fourth-order valence-electron chi connectivity index (χ4n) is 0.161. The molecule has 0 heterocycles. The van der Waals surface area contributed by atoms with E-state index < -0.39 is 21.5 Å². The van der Waals surface area contributed by atoms with Gasteiger partial charge in [-0.05, 0) is 0 Å². The molecule has 10 heteroatoms. The van der Waals surface area contributed by atoms with Crippen LogP contribution < -0.4 is 24.0 Å². The zero-order valence-corrected chi connectivity index (χ0v) is 6.51. The molecule has 0 atom stereocenters. The first-order chi connectivity index (χ1) is 4.50. The van der Waals surface area contributed by atoms with Crippen LogP contribution in [0.2, 0.25) is 0 Å². The molecule has 0 aromatic carbocycles. The van der Waals surface area contributed by atoms with Crippen molar-refractivity contribution in [2.75, 3.05) is 0 Å². The van der Waals surface area contributed by atoms with Gasteiger partial charge in [0.15, 0.2) is 0 Å². The molecule has 0 aromatic rings. The van der Waals surface area contributed by atoms with Crippen molar-refractivity contribution >= 4 is 10.0 Å². The third kappa shape index (κ3) is 2.58. The van der Waals surface area contributed by atoms with Crippen LogP contribution in [0.5, 0.6) is 0 Å². The first-order valence-electron chi connectivity index (χ1n) is 1.97. The maximum atomic E-state index is 11.6. The summed E-state index contributed by atoms with van der Waals surface area (Å²) in [6.45, 7) is 0. The molecule has 0 aliphatic heterocycles. The van der Waals surface area contributed by atoms with E-state index in [-0.39, 0.29) is 20.3 Å². The van der Waals surface area contributed by atoms with E-state index in [1.807, 2.05) is 0 Å². The Kier molecular flexibility index (Phi) is 4.27. The van der Waals surface area contributed by atoms with Crippen molar-refractivity contribution < 1.29 is 50.7 Å². The number of sulfonamides is 1. The second-order valence-corrected chi connectivity index (χ2v) is 3.16. The van der Waals surface area contributed by atoms with Crippen molar-refractivity contribution in [3.8, 4) is 0 Å². The van der Waals surface area contributed by atoms with Gasteiger partial charge in [0.2, 0.25) is 0 Å². The number of nitrogens with two attached hydrogens (primary N) is 1. The first-order valence-corrected chi connectivity index (χ1v) is 3.51. The van der Waals surface area contributed by atoms with E-state index in [4.69, 9.17) is 0 Å². The van der Waals surface area contributed by atoms with Gasteiger partial charge in [-0.3, -0.25) is 0 Å². The Morgan fingerprint density at radius 1 is 1.08 bits per heavy atom. The van der Waals surface area contributed by atoms with Crippen LogP contribution in [0, 0.1) is 0 Å². The first kappa shape index (κ1) is 14.7. The number of primary sulfonamides is 1. The number of hydrogen-bond donors (Lipinski definition) is 1. The molecule has 0 aliphatic rings. The Morgan fingerprint density at radius 3 is 1.33 bits per heavy atom. The van der Waals surface area contributed by atoms with E-state index in [9.17, 15) is 30.4 Å². The van der Waals surface area contributed by atoms with E-state index >= 15 is 0 Å². The number of rotatable bonds is 1. The fraction of sp³-hybridized carbons (Fsp3) is 1.00. The van der Waals surface area contributed by atoms with E-state index in [1.54, 1.807) is 0 Å². The molecule has 2 N–H and O–H groups in total. The Balaban J connectivity index is -0.000000500. The summed E-state index contributed by atoms with van der Waals surface area (Å²) in [6, 6.07) is 0. The minimum atomic E-state index is -6.17. The average molecular weight is 207 g/mol. The normalized spacial score (nSPS) is 13.8. The molecule has 0 saturated carbocycles. The maximum Gasteiger partial charge on any atom is 1.00 e. The molecule has 0 aliphatic carbocycles. The topological polar surface area (TPSA) is 60.2 Å². The summed E-state index contributed by atoms with van der Waals surface area (Å²) < 4.78 is 75.8. The molecule has 12 heavy (non-hydrogen) atoms. The summed E-state index contributed by atoms with van der Waals surface area (Å²) in [5.41, 5.74) is 0. The summed E-state index contributed by atoms with van der Waals surface area (Å²) in [6.07, 6.45) is -6.17. The fourth-order valence-corrected chi connectivity index (χ4v) is 0.484. The summed E-state index contributed by atoms with van der Waals surface area (Å²) in [7, 11) is -5.92. The zero-order valence-electron chi connectivity index (χ0n) is 6.69. The quantitative estimate of drug-likeness (QED) is 0.383. The van der Waals surface area contributed by atoms with Gasteiger partial charge in [0.25, 0.3) is 10.0 Å². The molecule has 0 spiro atoms. The molecular weight excluding hydrogens is 204 g/mol. The van der Waals surface area contributed by atoms with E-state index in [0.717, 1.165) is 0 Å². The average Bonchev–Trinajstić information content (AvgIpc) is 1.58. The minimum Gasteiger partial charge on any atom is -1.00 e. The van der Waals surface area contributed by atoms with Gasteiger partial charge in [0.1, 0.15) is 0 Å². The van der Waals surface area contributed by atoms with E-state index in [0.29, 0.717) is 0 Å². The third-order valence-corrected chi connectivity index (χ3v) is 1.63. The van der Waals surface area contributed by atoms with Crippen molar-refractivity contribution in [3.63, 3.8) is 0 Å². The van der Waals surface area contributed by atoms with Crippen LogP contribution >= 0.6 is 0 Å². The van der Waals surface area contributed by atoms with Gasteiger partial charge in [-0.15, -0.1) is 0 Å². The largest absolute Gasteiger partial charge is 1.00 e. The Bertz CT molecular complexity index is 250. The molecule has 0 rings (SSSR count). The maximum absolute atomic E-state index is 11.6. The van der Waals surface area contributed by atoms with Gasteiger partial charge in [-0.2, -0.15) is 22.0 Å². The van der Waals surface area contributed by atoms with Gasteiger partial charge in [-0.1, -0.05) is 0 Å². The molecule has 0 amide bonds. The van der Waals surface area contributed by atoms with Crippen molar-refractivity contribution in [3.05, 3.63) is 0 Å². The van der Waals surface area contributed by atoms with Crippen molar-refractivity contribution in [1.82, 2.24) is 0 Å². The Morgan fingerprint density at radius 2 is 1.33 bits per heavy atom. The molecular formula is C2H3F5LiNO2S. The monoisotopic (exact) mass is 207 g/mol. The SMILES string of the molecule is NS(=O)(=O)C(F)(F)C(F)(F)F.[H-].[Li+]. The third-order valence-electron chi connectivity index (χ3n) is 0.687. The number of halogens is 5. The van der Waals surface area contributed by atoms with E-state index in [1.165, 1.54) is 0 Å². The zero-order chi connectivity index (χ0) is 9.50. The summed E-state index contributed by atoms with van der Waals surface area (Å²) in [5.74, 6) is 0. The van der Waals surface area contributed by atoms with Gasteiger partial charge in [0, 0.05) is 0 Å². The van der Waals surface area contributed by atoms with Crippen LogP contribution in [0.15, 0.2) is 0 Å². The van der Waals surface area contributed by atoms with Crippen LogP contribution in [0.25, 0.3) is 0 Å². The predicted molar refractivity (Wildman–Crippen MR) is 25.2 cm³/mol. The summed E-state index contributed by atoms with van der Waals surface area (Å²) >= 11 is 0. The van der Waals surface area contributed by atoms with Crippen molar-refractivity contribution in [1.29, 1.82) is 0 Å². The molecule has 0 radical (unpaired) electrons. The van der Waals surface area contributed by atoms with Crippen LogP contribution in [-0.2, 0) is 10.0 Å². The molecule has 0 unspecified atom stereocenters. The molecule has 0 saturated heterocycles. The predicted octanol–water partition coefficient (Wildman–Crippen LogP) is -2.45. The van der Waals surface area contributed by atoms with Crippen LogP contribution in [-0.4, -0.2) is 19.8 Å². The van der Waals surface area contributed by atoms with Gasteiger partial charge >= 0.3 is 30.3 Å². The second-order valence-electron chi connectivity index (χ2n) is 1.56. The molecule has 3 nitrogen and oxygen atoms in total. The molecule has 0 fully saturated rings. The summed E-state index contributed by atoms with van der Waals surface area (Å²) in [4.78, 5) is 0. The van der Waals surface area contributed by atoms with Crippen molar-refractivity contribution in [2.24, 2.45) is 5.14 Å². The number of hydrogen-bond acceptors (Lipinski definition) is 2. The standard InChI is InChI=1S/C2H2F5NO2S.Li.H/c3-1(4,5)2(6,7)11(8,9)10;;/h(H2,8,9,10);;/q;+1;-1. The number of alkyl halides is 5. The van der Waals surface area contributed by atoms with Crippen LogP contribution in [0.1, 0.15) is 1.43 Å². The minimum absolute atomic E-state index is 0. The van der Waals surface area contributed by atoms with Gasteiger partial charge in [-0.25, -0.2) is 13.6 Å². The van der Waals surface area contributed by atoms with E-state index in [2.05, 4.69) is 5.14 Å². The van der Waals surface area contributed by atoms with Crippen LogP contribution in [0.4, 0.5) is 22.0 Å². The molecule has 70 valence electrons. The Hall–Kier alpha value is 0.157. The second kappa shape index (κ2) is 3.49. The van der Waals surface area contributed by atoms with Gasteiger partial charge < -0.3 is 1.43 Å².